The van der Waals surface area contributed by atoms with Crippen LogP contribution in [0.2, 0.25) is 0 Å². The van der Waals surface area contributed by atoms with Crippen LogP contribution in [0.4, 0.5) is 0 Å². The molecule has 0 spiro atoms. The lowest BCUT2D eigenvalue weighted by molar-refractivity contribution is 0.0484. The summed E-state index contributed by atoms with van der Waals surface area (Å²) in [6, 6.07) is 7.87. The van der Waals surface area contributed by atoms with Gasteiger partial charge in [-0.05, 0) is 36.8 Å². The Kier molecular flexibility index (Phi) is 6.78. The summed E-state index contributed by atoms with van der Waals surface area (Å²) in [5.74, 6) is 0.621. The molecule has 1 aliphatic heterocycles. The Bertz CT molecular complexity index is 648. The second-order valence-corrected chi connectivity index (χ2v) is 5.46. The van der Waals surface area contributed by atoms with Gasteiger partial charge in [-0.25, -0.2) is 4.79 Å². The molecule has 2 aromatic rings. The Morgan fingerprint density at radius 3 is 2.92 bits per heavy atom. The Balaban J connectivity index is 0.00000208. The largest absolute Gasteiger partial charge is 0.460 e. The summed E-state index contributed by atoms with van der Waals surface area (Å²) in [6.07, 6.45) is 3.63. The fourth-order valence-electron chi connectivity index (χ4n) is 2.82. The molecule has 2 aromatic heterocycles. The molecule has 1 saturated heterocycles. The lowest BCUT2D eigenvalue weighted by Gasteiger charge is -2.35. The van der Waals surface area contributed by atoms with Crippen LogP contribution in [-0.4, -0.2) is 42.1 Å². The highest BCUT2D eigenvalue weighted by Gasteiger charge is 2.25. The zero-order valence-electron chi connectivity index (χ0n) is 13.6. The van der Waals surface area contributed by atoms with E-state index in [1.807, 2.05) is 30.6 Å². The number of hydrogen-bond donors (Lipinski definition) is 1. The van der Waals surface area contributed by atoms with Crippen molar-refractivity contribution in [2.24, 2.45) is 0 Å². The summed E-state index contributed by atoms with van der Waals surface area (Å²) >= 11 is 0. The van der Waals surface area contributed by atoms with E-state index in [4.69, 9.17) is 9.15 Å². The van der Waals surface area contributed by atoms with Crippen LogP contribution in [0.5, 0.6) is 0 Å². The number of piperazine rings is 1. The third kappa shape index (κ3) is 4.35. The number of carbonyl (C=O) groups is 1. The van der Waals surface area contributed by atoms with E-state index in [9.17, 15) is 4.79 Å². The van der Waals surface area contributed by atoms with Gasteiger partial charge >= 0.3 is 5.97 Å². The first-order valence-electron chi connectivity index (χ1n) is 7.88. The van der Waals surface area contributed by atoms with Crippen molar-refractivity contribution < 1.29 is 13.9 Å². The van der Waals surface area contributed by atoms with Gasteiger partial charge in [0.2, 0.25) is 5.76 Å². The van der Waals surface area contributed by atoms with E-state index < -0.39 is 5.97 Å². The van der Waals surface area contributed by atoms with E-state index in [-0.39, 0.29) is 24.2 Å². The minimum Gasteiger partial charge on any atom is -0.460 e. The predicted molar refractivity (Wildman–Crippen MR) is 92.2 cm³/mol. The van der Waals surface area contributed by atoms with Crippen LogP contribution in [-0.2, 0) is 11.3 Å². The van der Waals surface area contributed by atoms with Gasteiger partial charge in [0, 0.05) is 38.1 Å². The van der Waals surface area contributed by atoms with Crippen molar-refractivity contribution in [1.29, 1.82) is 0 Å². The van der Waals surface area contributed by atoms with Gasteiger partial charge in [0.15, 0.2) is 0 Å². The highest BCUT2D eigenvalue weighted by atomic mass is 35.5. The van der Waals surface area contributed by atoms with Gasteiger partial charge in [-0.1, -0.05) is 0 Å². The molecule has 6 nitrogen and oxygen atoms in total. The smallest absolute Gasteiger partial charge is 0.374 e. The van der Waals surface area contributed by atoms with Gasteiger partial charge in [0.25, 0.3) is 0 Å². The number of ether oxygens (including phenoxy) is 1. The van der Waals surface area contributed by atoms with E-state index in [0.29, 0.717) is 13.2 Å². The van der Waals surface area contributed by atoms with Crippen LogP contribution >= 0.6 is 12.4 Å². The van der Waals surface area contributed by atoms with Crippen molar-refractivity contribution in [3.63, 3.8) is 0 Å². The molecule has 7 heteroatoms. The van der Waals surface area contributed by atoms with Gasteiger partial charge in [-0.15, -0.1) is 12.4 Å². The van der Waals surface area contributed by atoms with Gasteiger partial charge in [-0.2, -0.15) is 0 Å². The number of nitrogens with zero attached hydrogens (tertiary/aromatic N) is 2. The van der Waals surface area contributed by atoms with E-state index >= 15 is 0 Å². The number of furan rings is 1. The molecule has 0 saturated carbocycles. The van der Waals surface area contributed by atoms with E-state index in [1.165, 1.54) is 5.56 Å². The number of esters is 1. The maximum atomic E-state index is 11.7. The molecule has 0 radical (unpaired) electrons. The maximum absolute atomic E-state index is 11.7. The number of carbonyl (C=O) groups excluding carboxylic acids is 1. The van der Waals surface area contributed by atoms with Crippen LogP contribution < -0.4 is 5.32 Å². The molecule has 3 heterocycles. The molecule has 1 aliphatic rings. The number of rotatable bonds is 5. The van der Waals surface area contributed by atoms with E-state index in [2.05, 4.69) is 15.2 Å². The van der Waals surface area contributed by atoms with E-state index in [0.717, 1.165) is 25.4 Å². The van der Waals surface area contributed by atoms with Gasteiger partial charge in [0.05, 0.1) is 13.2 Å². The normalized spacial score (nSPS) is 18.0. The van der Waals surface area contributed by atoms with Crippen LogP contribution in [0.25, 0.3) is 0 Å². The average Bonchev–Trinajstić information content (AvgIpc) is 3.05. The summed E-state index contributed by atoms with van der Waals surface area (Å²) in [5, 5.41) is 3.42. The van der Waals surface area contributed by atoms with Gasteiger partial charge in [-0.3, -0.25) is 9.88 Å². The molecule has 0 aromatic carbocycles. The Labute approximate surface area is 147 Å². The molecule has 1 unspecified atom stereocenters. The zero-order chi connectivity index (χ0) is 16.1. The maximum Gasteiger partial charge on any atom is 0.374 e. The molecule has 0 aliphatic carbocycles. The molecular weight excluding hydrogens is 330 g/mol. The molecule has 24 heavy (non-hydrogen) atoms. The molecule has 1 atom stereocenters. The fraction of sp³-hybridized carbons (Fsp3) is 0.412. The lowest BCUT2D eigenvalue weighted by Crippen LogP contribution is -2.45. The molecule has 130 valence electrons. The third-order valence-electron chi connectivity index (χ3n) is 3.94. The van der Waals surface area contributed by atoms with Crippen LogP contribution in [0, 0.1) is 0 Å². The lowest BCUT2D eigenvalue weighted by atomic mass is 10.0. The summed E-state index contributed by atoms with van der Waals surface area (Å²) < 4.78 is 10.6. The molecule has 1 fully saturated rings. The monoisotopic (exact) mass is 351 g/mol. The van der Waals surface area contributed by atoms with Gasteiger partial charge in [0.1, 0.15) is 5.76 Å². The number of aromatic nitrogens is 1. The quantitative estimate of drug-likeness (QED) is 0.834. The molecular formula is C17H22ClN3O3. The van der Waals surface area contributed by atoms with Crippen molar-refractivity contribution in [2.45, 2.75) is 19.5 Å². The average molecular weight is 352 g/mol. The van der Waals surface area contributed by atoms with Crippen molar-refractivity contribution in [1.82, 2.24) is 15.2 Å². The van der Waals surface area contributed by atoms with Gasteiger partial charge < -0.3 is 14.5 Å². The first kappa shape index (κ1) is 18.4. The first-order chi connectivity index (χ1) is 11.3. The highest BCUT2D eigenvalue weighted by molar-refractivity contribution is 5.86. The minimum atomic E-state index is -0.412. The molecule has 1 N–H and O–H groups in total. The second kappa shape index (κ2) is 8.82. The summed E-state index contributed by atoms with van der Waals surface area (Å²) in [4.78, 5) is 18.1. The summed E-state index contributed by atoms with van der Waals surface area (Å²) in [7, 11) is 0. The highest BCUT2D eigenvalue weighted by Crippen LogP contribution is 2.24. The van der Waals surface area contributed by atoms with Crippen molar-refractivity contribution in [3.05, 3.63) is 53.7 Å². The minimum absolute atomic E-state index is 0. The molecule has 0 bridgehead atoms. The van der Waals surface area contributed by atoms with Crippen molar-refractivity contribution in [3.8, 4) is 0 Å². The summed E-state index contributed by atoms with van der Waals surface area (Å²) in [6.45, 7) is 5.53. The first-order valence-corrected chi connectivity index (χ1v) is 7.88. The number of nitrogens with one attached hydrogen (secondary N) is 1. The predicted octanol–water partition coefficient (Wildman–Crippen LogP) is 2.42. The number of hydrogen-bond acceptors (Lipinski definition) is 6. The van der Waals surface area contributed by atoms with Crippen molar-refractivity contribution >= 4 is 18.4 Å². The number of halogens is 1. The van der Waals surface area contributed by atoms with Crippen LogP contribution in [0.15, 0.2) is 41.1 Å². The second-order valence-electron chi connectivity index (χ2n) is 5.46. The summed E-state index contributed by atoms with van der Waals surface area (Å²) in [5.41, 5.74) is 1.23. The molecule has 3 rings (SSSR count). The van der Waals surface area contributed by atoms with Crippen LogP contribution in [0.1, 0.15) is 34.8 Å². The topological polar surface area (TPSA) is 67.6 Å². The molecule has 0 amide bonds. The van der Waals surface area contributed by atoms with Crippen LogP contribution in [0.3, 0.4) is 0 Å². The zero-order valence-corrected chi connectivity index (χ0v) is 14.4. The van der Waals surface area contributed by atoms with Crippen molar-refractivity contribution in [2.75, 3.05) is 26.2 Å². The van der Waals surface area contributed by atoms with E-state index in [1.54, 1.807) is 13.0 Å². The Morgan fingerprint density at radius 2 is 2.17 bits per heavy atom. The fourth-order valence-corrected chi connectivity index (χ4v) is 2.82. The SMILES string of the molecule is CCOC(=O)c1ccc(CN2CCNCC2c2ccncc2)o1.Cl. The Hall–Kier alpha value is -1.89. The standard InChI is InChI=1S/C17H21N3O3.ClH/c1-2-22-17(21)16-4-3-14(23-16)12-20-10-9-19-11-15(20)13-5-7-18-8-6-13;/h3-8,15,19H,2,9-12H2,1H3;1H. The Morgan fingerprint density at radius 1 is 1.38 bits per heavy atom. The number of pyridine rings is 1. The third-order valence-corrected chi connectivity index (χ3v) is 3.94.